The molecule has 0 aromatic carbocycles. The second kappa shape index (κ2) is 6.51. The minimum absolute atomic E-state index is 0.709. The number of thiophene rings is 1. The van der Waals surface area contributed by atoms with Crippen LogP contribution in [-0.4, -0.2) is 18.0 Å². The fourth-order valence-electron chi connectivity index (χ4n) is 1.47. The van der Waals surface area contributed by atoms with E-state index in [-0.39, 0.29) is 0 Å². The molecule has 2 rings (SSSR count). The van der Waals surface area contributed by atoms with Crippen molar-refractivity contribution in [1.82, 2.24) is 15.6 Å². The minimum atomic E-state index is 0.709. The molecule has 0 spiro atoms. The van der Waals surface area contributed by atoms with Gasteiger partial charge in [0.1, 0.15) is 5.01 Å². The molecular formula is C12H16N4S2. The number of hydrogen-bond donors (Lipinski definition) is 2. The zero-order valence-electron chi connectivity index (χ0n) is 10.4. The van der Waals surface area contributed by atoms with Gasteiger partial charge in [-0.05, 0) is 19.1 Å². The number of aliphatic imine (C=N–C) groups is 1. The topological polar surface area (TPSA) is 49.3 Å². The zero-order chi connectivity index (χ0) is 12.8. The van der Waals surface area contributed by atoms with Gasteiger partial charge in [0.15, 0.2) is 5.96 Å². The lowest BCUT2D eigenvalue weighted by atomic mass is 10.4. The third-order valence-electron chi connectivity index (χ3n) is 2.34. The molecular weight excluding hydrogens is 264 g/mol. The van der Waals surface area contributed by atoms with Gasteiger partial charge in [-0.15, -0.1) is 22.7 Å². The van der Waals surface area contributed by atoms with E-state index in [2.05, 4.69) is 39.7 Å². The van der Waals surface area contributed by atoms with Crippen LogP contribution in [0.15, 0.2) is 28.7 Å². The fraction of sp³-hybridized carbons (Fsp3) is 0.333. The van der Waals surface area contributed by atoms with Crippen LogP contribution in [0.4, 0.5) is 0 Å². The SMILES string of the molecule is CN=C(NCc1ccc(C)s1)NCc1nccs1. The van der Waals surface area contributed by atoms with Gasteiger partial charge in [0, 0.05) is 28.4 Å². The van der Waals surface area contributed by atoms with Crippen LogP contribution >= 0.6 is 22.7 Å². The summed E-state index contributed by atoms with van der Waals surface area (Å²) in [6, 6.07) is 4.27. The van der Waals surface area contributed by atoms with E-state index in [9.17, 15) is 0 Å². The summed E-state index contributed by atoms with van der Waals surface area (Å²) < 4.78 is 0. The molecule has 0 saturated heterocycles. The van der Waals surface area contributed by atoms with E-state index in [1.165, 1.54) is 9.75 Å². The van der Waals surface area contributed by atoms with Crippen LogP contribution in [0.25, 0.3) is 0 Å². The van der Waals surface area contributed by atoms with Crippen molar-refractivity contribution in [1.29, 1.82) is 0 Å². The highest BCUT2D eigenvalue weighted by Gasteiger charge is 2.01. The summed E-state index contributed by atoms with van der Waals surface area (Å²) in [5.41, 5.74) is 0. The van der Waals surface area contributed by atoms with E-state index in [0.717, 1.165) is 17.5 Å². The zero-order valence-corrected chi connectivity index (χ0v) is 12.1. The third kappa shape index (κ3) is 3.82. The Kier molecular flexibility index (Phi) is 4.72. The Morgan fingerprint density at radius 3 is 2.78 bits per heavy atom. The molecule has 0 fully saturated rings. The fourth-order valence-corrected chi connectivity index (χ4v) is 2.86. The summed E-state index contributed by atoms with van der Waals surface area (Å²) in [6.45, 7) is 3.63. The van der Waals surface area contributed by atoms with Crippen LogP contribution in [0.1, 0.15) is 14.8 Å². The molecule has 4 nitrogen and oxygen atoms in total. The van der Waals surface area contributed by atoms with Crippen molar-refractivity contribution >= 4 is 28.6 Å². The lowest BCUT2D eigenvalue weighted by Crippen LogP contribution is -2.36. The summed E-state index contributed by atoms with van der Waals surface area (Å²) in [4.78, 5) is 11.0. The van der Waals surface area contributed by atoms with Crippen LogP contribution in [0.2, 0.25) is 0 Å². The van der Waals surface area contributed by atoms with Crippen molar-refractivity contribution < 1.29 is 0 Å². The number of rotatable bonds is 4. The summed E-state index contributed by atoms with van der Waals surface area (Å²) in [7, 11) is 1.77. The molecule has 0 radical (unpaired) electrons. The van der Waals surface area contributed by atoms with Gasteiger partial charge in [0.05, 0.1) is 13.1 Å². The highest BCUT2D eigenvalue weighted by molar-refractivity contribution is 7.11. The predicted octanol–water partition coefficient (Wildman–Crippen LogP) is 2.38. The van der Waals surface area contributed by atoms with Gasteiger partial charge in [0.2, 0.25) is 0 Å². The molecule has 2 aromatic heterocycles. The van der Waals surface area contributed by atoms with Crippen LogP contribution in [0.3, 0.4) is 0 Å². The van der Waals surface area contributed by atoms with Gasteiger partial charge >= 0.3 is 0 Å². The van der Waals surface area contributed by atoms with E-state index >= 15 is 0 Å². The van der Waals surface area contributed by atoms with Gasteiger partial charge in [-0.2, -0.15) is 0 Å². The first-order chi connectivity index (χ1) is 8.78. The molecule has 0 atom stereocenters. The molecule has 18 heavy (non-hydrogen) atoms. The van der Waals surface area contributed by atoms with Crippen LogP contribution < -0.4 is 10.6 Å². The molecule has 0 aliphatic rings. The van der Waals surface area contributed by atoms with E-state index in [0.29, 0.717) is 6.54 Å². The molecule has 2 aromatic rings. The Hall–Kier alpha value is -1.40. The van der Waals surface area contributed by atoms with Crippen molar-refractivity contribution in [2.24, 2.45) is 4.99 Å². The molecule has 6 heteroatoms. The van der Waals surface area contributed by atoms with Gasteiger partial charge in [-0.3, -0.25) is 4.99 Å². The molecule has 0 aliphatic carbocycles. The first-order valence-electron chi connectivity index (χ1n) is 5.66. The van der Waals surface area contributed by atoms with Crippen molar-refractivity contribution in [3.63, 3.8) is 0 Å². The Morgan fingerprint density at radius 2 is 2.17 bits per heavy atom. The number of aromatic nitrogens is 1. The predicted molar refractivity (Wildman–Crippen MR) is 78.2 cm³/mol. The maximum absolute atomic E-state index is 4.22. The monoisotopic (exact) mass is 280 g/mol. The minimum Gasteiger partial charge on any atom is -0.352 e. The Morgan fingerprint density at radius 1 is 1.33 bits per heavy atom. The normalized spacial score (nSPS) is 11.6. The average Bonchev–Trinajstić information content (AvgIpc) is 3.01. The highest BCUT2D eigenvalue weighted by atomic mass is 32.1. The first kappa shape index (κ1) is 13.0. The maximum Gasteiger partial charge on any atom is 0.191 e. The first-order valence-corrected chi connectivity index (χ1v) is 7.36. The average molecular weight is 280 g/mol. The van der Waals surface area contributed by atoms with Gasteiger partial charge in [0.25, 0.3) is 0 Å². The molecule has 0 saturated carbocycles. The van der Waals surface area contributed by atoms with E-state index in [4.69, 9.17) is 0 Å². The second-order valence-electron chi connectivity index (χ2n) is 3.72. The molecule has 2 heterocycles. The van der Waals surface area contributed by atoms with E-state index < -0.39 is 0 Å². The number of aryl methyl sites for hydroxylation is 1. The van der Waals surface area contributed by atoms with Crippen LogP contribution in [0, 0.1) is 6.92 Å². The maximum atomic E-state index is 4.22. The molecule has 2 N–H and O–H groups in total. The smallest absolute Gasteiger partial charge is 0.191 e. The number of nitrogens with one attached hydrogen (secondary N) is 2. The number of guanidine groups is 1. The molecule has 0 aliphatic heterocycles. The Balaban J connectivity index is 1.79. The molecule has 0 unspecified atom stereocenters. The summed E-state index contributed by atoms with van der Waals surface area (Å²) in [5.74, 6) is 0.802. The van der Waals surface area contributed by atoms with Gasteiger partial charge in [-0.25, -0.2) is 4.98 Å². The summed E-state index contributed by atoms with van der Waals surface area (Å²) >= 11 is 3.44. The van der Waals surface area contributed by atoms with Crippen LogP contribution in [-0.2, 0) is 13.1 Å². The molecule has 0 bridgehead atoms. The third-order valence-corrected chi connectivity index (χ3v) is 4.12. The van der Waals surface area contributed by atoms with Crippen molar-refractivity contribution in [2.45, 2.75) is 20.0 Å². The summed E-state index contributed by atoms with van der Waals surface area (Å²) in [5, 5.41) is 9.56. The molecule has 0 amide bonds. The van der Waals surface area contributed by atoms with E-state index in [1.54, 1.807) is 29.7 Å². The number of thiazole rings is 1. The van der Waals surface area contributed by atoms with Crippen LogP contribution in [0.5, 0.6) is 0 Å². The number of hydrogen-bond acceptors (Lipinski definition) is 4. The van der Waals surface area contributed by atoms with Crippen molar-refractivity contribution in [3.05, 3.63) is 38.5 Å². The Labute approximate surface area is 115 Å². The lowest BCUT2D eigenvalue weighted by Gasteiger charge is -2.09. The van der Waals surface area contributed by atoms with Gasteiger partial charge in [-0.1, -0.05) is 0 Å². The summed E-state index contributed by atoms with van der Waals surface area (Å²) in [6.07, 6.45) is 1.81. The van der Waals surface area contributed by atoms with Gasteiger partial charge < -0.3 is 10.6 Å². The number of nitrogens with zero attached hydrogens (tertiary/aromatic N) is 2. The standard InChI is InChI=1S/C12H16N4S2/c1-9-3-4-10(18-9)7-15-12(13-2)16-8-11-14-5-6-17-11/h3-6H,7-8H2,1-2H3,(H2,13,15,16). The highest BCUT2D eigenvalue weighted by Crippen LogP contribution is 2.14. The van der Waals surface area contributed by atoms with Crippen molar-refractivity contribution in [3.8, 4) is 0 Å². The second-order valence-corrected chi connectivity index (χ2v) is 6.07. The quantitative estimate of drug-likeness (QED) is 0.668. The largest absolute Gasteiger partial charge is 0.352 e. The lowest BCUT2D eigenvalue weighted by molar-refractivity contribution is 0.811. The Bertz CT molecular complexity index is 502. The molecule has 96 valence electrons. The van der Waals surface area contributed by atoms with E-state index in [1.807, 2.05) is 11.6 Å². The van der Waals surface area contributed by atoms with Crippen molar-refractivity contribution in [2.75, 3.05) is 7.05 Å².